The molecule has 3 heteroatoms. The molecule has 2 N–H and O–H groups in total. The summed E-state index contributed by atoms with van der Waals surface area (Å²) in [6.07, 6.45) is 4.68. The summed E-state index contributed by atoms with van der Waals surface area (Å²) in [5.74, 6) is 0. The minimum atomic E-state index is 0.669. The second kappa shape index (κ2) is 6.63. The van der Waals surface area contributed by atoms with Gasteiger partial charge in [-0.05, 0) is 71.8 Å². The normalized spacial score (nSPS) is 17.9. The van der Waals surface area contributed by atoms with Crippen LogP contribution in [0.3, 0.4) is 0 Å². The number of benzene rings is 1. The molecule has 0 saturated heterocycles. The van der Waals surface area contributed by atoms with Gasteiger partial charge in [0.2, 0.25) is 0 Å². The number of hydrogen-bond acceptors (Lipinski definition) is 3. The summed E-state index contributed by atoms with van der Waals surface area (Å²) in [6.45, 7) is 4.57. The van der Waals surface area contributed by atoms with Gasteiger partial charge in [-0.25, -0.2) is 0 Å². The van der Waals surface area contributed by atoms with Gasteiger partial charge in [-0.3, -0.25) is 4.90 Å². The minimum absolute atomic E-state index is 0.669. The molecule has 0 spiro atoms. The number of anilines is 1. The summed E-state index contributed by atoms with van der Waals surface area (Å²) in [6, 6.07) is 9.30. The van der Waals surface area contributed by atoms with Gasteiger partial charge < -0.3 is 5.73 Å². The standard InChI is InChI=1S/C18H24N2S/c1-2-20(10-8-14-9-11-21-13-14)16-6-7-17-15(12-16)4-3-5-18(17)19/h3-5,9,11,13,16H,2,6-8,10,12,19H2,1H3. The van der Waals surface area contributed by atoms with Crippen LogP contribution in [0, 0.1) is 0 Å². The van der Waals surface area contributed by atoms with Crippen molar-refractivity contribution in [1.82, 2.24) is 4.90 Å². The molecular weight excluding hydrogens is 276 g/mol. The lowest BCUT2D eigenvalue weighted by Gasteiger charge is -2.35. The first kappa shape index (κ1) is 14.6. The number of fused-ring (bicyclic) bond motifs is 1. The Hall–Kier alpha value is -1.32. The predicted octanol–water partition coefficient (Wildman–Crippen LogP) is 3.75. The topological polar surface area (TPSA) is 29.3 Å². The molecule has 2 nitrogen and oxygen atoms in total. The van der Waals surface area contributed by atoms with Gasteiger partial charge in [-0.2, -0.15) is 11.3 Å². The monoisotopic (exact) mass is 300 g/mol. The average molecular weight is 300 g/mol. The van der Waals surface area contributed by atoms with E-state index < -0.39 is 0 Å². The van der Waals surface area contributed by atoms with Crippen molar-refractivity contribution in [3.8, 4) is 0 Å². The molecule has 2 aromatic rings. The Morgan fingerprint density at radius 2 is 2.24 bits per heavy atom. The number of likely N-dealkylation sites (N-methyl/N-ethyl adjacent to an activating group) is 1. The zero-order valence-electron chi connectivity index (χ0n) is 12.7. The fourth-order valence-electron chi connectivity index (χ4n) is 3.44. The van der Waals surface area contributed by atoms with Crippen LogP contribution in [-0.4, -0.2) is 24.0 Å². The van der Waals surface area contributed by atoms with E-state index in [0.717, 1.165) is 38.0 Å². The summed E-state index contributed by atoms with van der Waals surface area (Å²) in [5, 5.41) is 4.44. The Morgan fingerprint density at radius 3 is 3.00 bits per heavy atom. The van der Waals surface area contributed by atoms with Crippen LogP contribution in [0.1, 0.15) is 30.0 Å². The minimum Gasteiger partial charge on any atom is -0.398 e. The van der Waals surface area contributed by atoms with Crippen LogP contribution >= 0.6 is 11.3 Å². The van der Waals surface area contributed by atoms with Gasteiger partial charge in [-0.1, -0.05) is 19.1 Å². The third-order valence-corrected chi connectivity index (χ3v) is 5.41. The second-order valence-corrected chi connectivity index (χ2v) is 6.67. The van der Waals surface area contributed by atoms with Crippen LogP contribution in [0.25, 0.3) is 0 Å². The van der Waals surface area contributed by atoms with E-state index in [-0.39, 0.29) is 0 Å². The van der Waals surface area contributed by atoms with E-state index in [1.54, 1.807) is 11.3 Å². The summed E-state index contributed by atoms with van der Waals surface area (Å²) in [7, 11) is 0. The average Bonchev–Trinajstić information content (AvgIpc) is 3.01. The van der Waals surface area contributed by atoms with Gasteiger partial charge in [-0.15, -0.1) is 0 Å². The molecule has 0 radical (unpaired) electrons. The molecule has 1 aliphatic carbocycles. The Kier molecular flexibility index (Phi) is 4.61. The molecule has 1 unspecified atom stereocenters. The predicted molar refractivity (Wildman–Crippen MR) is 91.9 cm³/mol. The van der Waals surface area contributed by atoms with Gasteiger partial charge in [0.15, 0.2) is 0 Å². The van der Waals surface area contributed by atoms with Gasteiger partial charge >= 0.3 is 0 Å². The Bertz CT molecular complexity index is 577. The lowest BCUT2D eigenvalue weighted by molar-refractivity contribution is 0.191. The first-order valence-corrected chi connectivity index (χ1v) is 8.83. The molecule has 0 amide bonds. The maximum atomic E-state index is 6.11. The highest BCUT2D eigenvalue weighted by Crippen LogP contribution is 2.28. The van der Waals surface area contributed by atoms with E-state index >= 15 is 0 Å². The molecule has 0 saturated carbocycles. The third-order valence-electron chi connectivity index (χ3n) is 4.68. The number of hydrogen-bond donors (Lipinski definition) is 1. The quantitative estimate of drug-likeness (QED) is 0.852. The molecule has 1 atom stereocenters. The van der Waals surface area contributed by atoms with Crippen molar-refractivity contribution in [2.45, 2.75) is 38.6 Å². The first-order valence-electron chi connectivity index (χ1n) is 7.89. The van der Waals surface area contributed by atoms with Crippen LogP contribution in [-0.2, 0) is 19.3 Å². The fraction of sp³-hybridized carbons (Fsp3) is 0.444. The molecule has 112 valence electrons. The second-order valence-electron chi connectivity index (χ2n) is 5.89. The lowest BCUT2D eigenvalue weighted by Crippen LogP contribution is -2.40. The van der Waals surface area contributed by atoms with Crippen molar-refractivity contribution < 1.29 is 0 Å². The van der Waals surface area contributed by atoms with Crippen LogP contribution in [0.2, 0.25) is 0 Å². The van der Waals surface area contributed by atoms with E-state index in [9.17, 15) is 0 Å². The molecule has 1 aliphatic rings. The first-order chi connectivity index (χ1) is 10.3. The Labute approximate surface area is 131 Å². The van der Waals surface area contributed by atoms with Crippen LogP contribution < -0.4 is 5.73 Å². The molecule has 0 bridgehead atoms. The van der Waals surface area contributed by atoms with E-state index in [4.69, 9.17) is 5.73 Å². The van der Waals surface area contributed by atoms with Gasteiger partial charge in [0.1, 0.15) is 0 Å². The van der Waals surface area contributed by atoms with Crippen LogP contribution in [0.15, 0.2) is 35.0 Å². The molecule has 0 aliphatic heterocycles. The zero-order chi connectivity index (χ0) is 14.7. The van der Waals surface area contributed by atoms with Crippen LogP contribution in [0.4, 0.5) is 5.69 Å². The molecule has 21 heavy (non-hydrogen) atoms. The number of nitrogens with zero attached hydrogens (tertiary/aromatic N) is 1. The van der Waals surface area contributed by atoms with Gasteiger partial charge in [0.05, 0.1) is 0 Å². The van der Waals surface area contributed by atoms with Crippen molar-refractivity contribution in [3.05, 3.63) is 51.7 Å². The highest BCUT2D eigenvalue weighted by Gasteiger charge is 2.24. The number of thiophene rings is 1. The van der Waals surface area contributed by atoms with Crippen LogP contribution in [0.5, 0.6) is 0 Å². The van der Waals surface area contributed by atoms with Gasteiger partial charge in [0.25, 0.3) is 0 Å². The summed E-state index contributed by atoms with van der Waals surface area (Å²) < 4.78 is 0. The summed E-state index contributed by atoms with van der Waals surface area (Å²) in [5.41, 5.74) is 11.4. The van der Waals surface area contributed by atoms with Gasteiger partial charge in [0, 0.05) is 18.3 Å². The van der Waals surface area contributed by atoms with Crippen molar-refractivity contribution in [2.24, 2.45) is 0 Å². The van der Waals surface area contributed by atoms with Crippen molar-refractivity contribution >= 4 is 17.0 Å². The summed E-state index contributed by atoms with van der Waals surface area (Å²) in [4.78, 5) is 2.64. The van der Waals surface area contributed by atoms with E-state index in [0.29, 0.717) is 6.04 Å². The Balaban J connectivity index is 1.65. The number of nitrogens with two attached hydrogens (primary N) is 1. The highest BCUT2D eigenvalue weighted by molar-refractivity contribution is 7.07. The van der Waals surface area contributed by atoms with Crippen molar-refractivity contribution in [1.29, 1.82) is 0 Å². The molecular formula is C18H24N2S. The molecule has 1 aromatic carbocycles. The summed E-state index contributed by atoms with van der Waals surface area (Å²) >= 11 is 1.79. The molecule has 0 fully saturated rings. The van der Waals surface area contributed by atoms with E-state index in [2.05, 4.69) is 40.8 Å². The number of rotatable bonds is 5. The van der Waals surface area contributed by atoms with Crippen molar-refractivity contribution in [3.63, 3.8) is 0 Å². The fourth-order valence-corrected chi connectivity index (χ4v) is 4.14. The Morgan fingerprint density at radius 1 is 1.33 bits per heavy atom. The zero-order valence-corrected chi connectivity index (χ0v) is 13.5. The largest absolute Gasteiger partial charge is 0.398 e. The SMILES string of the molecule is CCN(CCc1ccsc1)C1CCc2c(N)cccc2C1. The van der Waals surface area contributed by atoms with E-state index in [1.807, 2.05) is 6.07 Å². The lowest BCUT2D eigenvalue weighted by atomic mass is 9.86. The number of nitrogen functional groups attached to an aromatic ring is 1. The highest BCUT2D eigenvalue weighted by atomic mass is 32.1. The molecule has 1 heterocycles. The maximum absolute atomic E-state index is 6.11. The molecule has 3 rings (SSSR count). The third kappa shape index (κ3) is 3.30. The maximum Gasteiger partial charge on any atom is 0.0349 e. The molecule has 1 aromatic heterocycles. The van der Waals surface area contributed by atoms with E-state index in [1.165, 1.54) is 23.1 Å². The smallest absolute Gasteiger partial charge is 0.0349 e. The van der Waals surface area contributed by atoms with Crippen molar-refractivity contribution in [2.75, 3.05) is 18.8 Å².